The van der Waals surface area contributed by atoms with Crippen LogP contribution in [0.2, 0.25) is 0 Å². The smallest absolute Gasteiger partial charge is 0.170 e. The van der Waals surface area contributed by atoms with Gasteiger partial charge < -0.3 is 15.7 Å². The van der Waals surface area contributed by atoms with Gasteiger partial charge in [-0.05, 0) is 48.5 Å². The van der Waals surface area contributed by atoms with Crippen molar-refractivity contribution in [1.82, 2.24) is 20.2 Å². The van der Waals surface area contributed by atoms with E-state index < -0.39 is 0 Å². The number of hydrogen-bond acceptors (Lipinski definition) is 6. The SMILES string of the molecule is CC(C)=CCOc1ccc(C(N)=NO)cc1-n1cnnn1. The normalized spacial score (nSPS) is 11.2. The fourth-order valence-electron chi connectivity index (χ4n) is 1.61. The number of benzene rings is 1. The third-order valence-electron chi connectivity index (χ3n) is 2.69. The summed E-state index contributed by atoms with van der Waals surface area (Å²) in [6, 6.07) is 5.10. The van der Waals surface area contributed by atoms with Crippen LogP contribution in [-0.2, 0) is 0 Å². The van der Waals surface area contributed by atoms with Crippen molar-refractivity contribution in [2.45, 2.75) is 13.8 Å². The first-order valence-corrected chi connectivity index (χ1v) is 6.23. The van der Waals surface area contributed by atoms with Crippen LogP contribution in [0.15, 0.2) is 41.3 Å². The van der Waals surface area contributed by atoms with Crippen molar-refractivity contribution in [1.29, 1.82) is 0 Å². The van der Waals surface area contributed by atoms with Crippen LogP contribution >= 0.6 is 0 Å². The molecule has 8 nitrogen and oxygen atoms in total. The lowest BCUT2D eigenvalue weighted by Gasteiger charge is -2.11. The van der Waals surface area contributed by atoms with Crippen LogP contribution in [0.1, 0.15) is 19.4 Å². The average molecular weight is 288 g/mol. The second-order valence-electron chi connectivity index (χ2n) is 4.51. The van der Waals surface area contributed by atoms with Gasteiger partial charge in [0, 0.05) is 5.56 Å². The number of nitrogens with zero attached hydrogens (tertiary/aromatic N) is 5. The maximum atomic E-state index is 8.76. The summed E-state index contributed by atoms with van der Waals surface area (Å²) in [4.78, 5) is 0. The number of aromatic nitrogens is 4. The van der Waals surface area contributed by atoms with E-state index >= 15 is 0 Å². The van der Waals surface area contributed by atoms with E-state index in [0.717, 1.165) is 5.57 Å². The first kappa shape index (κ1) is 14.5. The summed E-state index contributed by atoms with van der Waals surface area (Å²) in [6.45, 7) is 4.42. The van der Waals surface area contributed by atoms with Crippen LogP contribution in [0.4, 0.5) is 0 Å². The Morgan fingerprint density at radius 2 is 2.29 bits per heavy atom. The van der Waals surface area contributed by atoms with Crippen molar-refractivity contribution < 1.29 is 9.94 Å². The molecule has 0 aliphatic carbocycles. The largest absolute Gasteiger partial charge is 0.487 e. The molecule has 0 saturated heterocycles. The molecule has 1 aromatic heterocycles. The molecule has 0 saturated carbocycles. The summed E-state index contributed by atoms with van der Waals surface area (Å²) < 4.78 is 7.15. The number of hydrogen-bond donors (Lipinski definition) is 2. The number of amidine groups is 1. The second kappa shape index (κ2) is 6.51. The molecule has 0 fully saturated rings. The Morgan fingerprint density at radius 1 is 1.48 bits per heavy atom. The average Bonchev–Trinajstić information content (AvgIpc) is 3.00. The second-order valence-corrected chi connectivity index (χ2v) is 4.51. The van der Waals surface area contributed by atoms with E-state index in [1.54, 1.807) is 18.2 Å². The predicted octanol–water partition coefficient (Wildman–Crippen LogP) is 1.10. The third kappa shape index (κ3) is 3.56. The van der Waals surface area contributed by atoms with Gasteiger partial charge in [-0.15, -0.1) is 5.10 Å². The highest BCUT2D eigenvalue weighted by Gasteiger charge is 2.10. The van der Waals surface area contributed by atoms with Gasteiger partial charge in [-0.1, -0.05) is 10.7 Å². The monoisotopic (exact) mass is 288 g/mol. The van der Waals surface area contributed by atoms with Gasteiger partial charge in [0.15, 0.2) is 5.84 Å². The van der Waals surface area contributed by atoms with Crippen LogP contribution in [0.25, 0.3) is 5.69 Å². The Morgan fingerprint density at radius 3 is 2.90 bits per heavy atom. The van der Waals surface area contributed by atoms with Crippen molar-refractivity contribution in [2.75, 3.05) is 6.61 Å². The molecule has 0 amide bonds. The molecular formula is C13H16N6O2. The van der Waals surface area contributed by atoms with Crippen LogP contribution in [-0.4, -0.2) is 37.9 Å². The van der Waals surface area contributed by atoms with E-state index in [4.69, 9.17) is 15.7 Å². The lowest BCUT2D eigenvalue weighted by Crippen LogP contribution is -2.14. The van der Waals surface area contributed by atoms with Gasteiger partial charge in [-0.25, -0.2) is 0 Å². The minimum Gasteiger partial charge on any atom is -0.487 e. The maximum absolute atomic E-state index is 8.76. The molecule has 110 valence electrons. The minimum absolute atomic E-state index is 0.000160. The lowest BCUT2D eigenvalue weighted by atomic mass is 10.1. The minimum atomic E-state index is 0.000160. The molecule has 0 spiro atoms. The van der Waals surface area contributed by atoms with Gasteiger partial charge >= 0.3 is 0 Å². The van der Waals surface area contributed by atoms with Gasteiger partial charge in [-0.3, -0.25) is 0 Å². The Balaban J connectivity index is 2.38. The molecule has 8 heteroatoms. The summed E-state index contributed by atoms with van der Waals surface area (Å²) in [5.41, 5.74) is 7.90. The third-order valence-corrected chi connectivity index (χ3v) is 2.69. The topological polar surface area (TPSA) is 111 Å². The first-order chi connectivity index (χ1) is 10.1. The highest BCUT2D eigenvalue weighted by Crippen LogP contribution is 2.23. The predicted molar refractivity (Wildman–Crippen MR) is 76.6 cm³/mol. The molecule has 1 aromatic carbocycles. The summed E-state index contributed by atoms with van der Waals surface area (Å²) in [7, 11) is 0. The van der Waals surface area contributed by atoms with Crippen molar-refractivity contribution >= 4 is 5.84 Å². The summed E-state index contributed by atoms with van der Waals surface area (Å²) in [6.07, 6.45) is 3.40. The van der Waals surface area contributed by atoms with Crippen LogP contribution in [0.3, 0.4) is 0 Å². The molecule has 1 heterocycles. The molecule has 0 unspecified atom stereocenters. The van der Waals surface area contributed by atoms with Gasteiger partial charge in [0.2, 0.25) is 0 Å². The molecule has 0 aliphatic rings. The fraction of sp³-hybridized carbons (Fsp3) is 0.231. The van der Waals surface area contributed by atoms with E-state index in [1.165, 1.54) is 11.0 Å². The molecule has 0 atom stereocenters. The highest BCUT2D eigenvalue weighted by atomic mass is 16.5. The lowest BCUT2D eigenvalue weighted by molar-refractivity contribution is 0.318. The number of ether oxygens (including phenoxy) is 1. The molecule has 2 aromatic rings. The van der Waals surface area contributed by atoms with E-state index in [0.29, 0.717) is 23.6 Å². The zero-order valence-corrected chi connectivity index (χ0v) is 11.8. The Kier molecular flexibility index (Phi) is 4.50. The van der Waals surface area contributed by atoms with Crippen molar-refractivity contribution in [3.8, 4) is 11.4 Å². The Hall–Kier alpha value is -2.90. The molecule has 3 N–H and O–H groups in total. The van der Waals surface area contributed by atoms with E-state index in [1.807, 2.05) is 19.9 Å². The number of allylic oxidation sites excluding steroid dienone is 1. The fourth-order valence-corrected chi connectivity index (χ4v) is 1.61. The number of rotatable bonds is 5. The quantitative estimate of drug-likeness (QED) is 0.280. The van der Waals surface area contributed by atoms with Gasteiger partial charge in [0.05, 0.1) is 0 Å². The summed E-state index contributed by atoms with van der Waals surface area (Å²) >= 11 is 0. The molecule has 0 aliphatic heterocycles. The first-order valence-electron chi connectivity index (χ1n) is 6.23. The van der Waals surface area contributed by atoms with Crippen LogP contribution < -0.4 is 10.5 Å². The van der Waals surface area contributed by atoms with E-state index in [-0.39, 0.29) is 5.84 Å². The van der Waals surface area contributed by atoms with Crippen molar-refractivity contribution in [3.63, 3.8) is 0 Å². The zero-order valence-electron chi connectivity index (χ0n) is 11.8. The van der Waals surface area contributed by atoms with Crippen LogP contribution in [0, 0.1) is 0 Å². The molecular weight excluding hydrogens is 272 g/mol. The Labute approximate surface area is 121 Å². The molecule has 21 heavy (non-hydrogen) atoms. The van der Waals surface area contributed by atoms with Crippen LogP contribution in [0.5, 0.6) is 5.75 Å². The van der Waals surface area contributed by atoms with Gasteiger partial charge in [-0.2, -0.15) is 4.68 Å². The van der Waals surface area contributed by atoms with E-state index in [2.05, 4.69) is 20.7 Å². The van der Waals surface area contributed by atoms with E-state index in [9.17, 15) is 0 Å². The molecule has 0 bridgehead atoms. The Bertz CT molecular complexity index is 659. The van der Waals surface area contributed by atoms with Crippen molar-refractivity contribution in [3.05, 3.63) is 41.7 Å². The maximum Gasteiger partial charge on any atom is 0.170 e. The van der Waals surface area contributed by atoms with Crippen molar-refractivity contribution in [2.24, 2.45) is 10.9 Å². The van der Waals surface area contributed by atoms with Gasteiger partial charge in [0.25, 0.3) is 0 Å². The molecule has 2 rings (SSSR count). The highest BCUT2D eigenvalue weighted by molar-refractivity contribution is 5.97. The number of oxime groups is 1. The molecule has 0 radical (unpaired) electrons. The zero-order chi connectivity index (χ0) is 15.2. The summed E-state index contributed by atoms with van der Waals surface area (Å²) in [5, 5.41) is 22.8. The van der Waals surface area contributed by atoms with Gasteiger partial charge in [0.1, 0.15) is 24.4 Å². The standard InChI is InChI=1S/C13H16N6O2/c1-9(2)5-6-21-12-4-3-10(13(14)16-20)7-11(12)19-8-15-17-18-19/h3-5,7-8,20H,6H2,1-2H3,(H2,14,16). The number of tetrazole rings is 1. The summed E-state index contributed by atoms with van der Waals surface area (Å²) in [5.74, 6) is 0.592. The number of nitrogens with two attached hydrogens (primary N) is 1.